The highest BCUT2D eigenvalue weighted by atomic mass is 19.1. The molecule has 0 unspecified atom stereocenters. The van der Waals surface area contributed by atoms with Crippen molar-refractivity contribution in [3.8, 4) is 0 Å². The van der Waals surface area contributed by atoms with E-state index in [0.717, 1.165) is 13.0 Å². The van der Waals surface area contributed by atoms with Gasteiger partial charge in [0.25, 0.3) is 0 Å². The third-order valence-electron chi connectivity index (χ3n) is 2.17. The van der Waals surface area contributed by atoms with E-state index < -0.39 is 0 Å². The Bertz CT molecular complexity index is 338. The van der Waals surface area contributed by atoms with Gasteiger partial charge < -0.3 is 0 Å². The Labute approximate surface area is 89.7 Å². The Morgan fingerprint density at radius 2 is 2.20 bits per heavy atom. The van der Waals surface area contributed by atoms with Crippen molar-refractivity contribution in [1.82, 2.24) is 4.90 Å². The largest absolute Gasteiger partial charge is 0.299 e. The molecule has 82 valence electrons. The second kappa shape index (κ2) is 5.61. The van der Waals surface area contributed by atoms with Crippen molar-refractivity contribution in [3.63, 3.8) is 0 Å². The van der Waals surface area contributed by atoms with Crippen LogP contribution in [0, 0.1) is 5.82 Å². The highest BCUT2D eigenvalue weighted by molar-refractivity contribution is 5.97. The monoisotopic (exact) mass is 209 g/mol. The van der Waals surface area contributed by atoms with Crippen LogP contribution in [0.4, 0.5) is 4.39 Å². The first-order chi connectivity index (χ1) is 7.13. The molecule has 0 spiro atoms. The van der Waals surface area contributed by atoms with E-state index >= 15 is 0 Å². The maximum atomic E-state index is 12.8. The molecule has 0 aliphatic heterocycles. The zero-order chi connectivity index (χ0) is 11.3. The van der Waals surface area contributed by atoms with E-state index in [1.54, 1.807) is 12.1 Å². The summed E-state index contributed by atoms with van der Waals surface area (Å²) >= 11 is 0. The average molecular weight is 209 g/mol. The van der Waals surface area contributed by atoms with Crippen LogP contribution >= 0.6 is 0 Å². The number of nitrogens with zero attached hydrogens (tertiary/aromatic N) is 1. The molecule has 0 amide bonds. The molecule has 0 aromatic heterocycles. The van der Waals surface area contributed by atoms with Crippen LogP contribution in [0.25, 0.3) is 0 Å². The van der Waals surface area contributed by atoms with Gasteiger partial charge in [-0.3, -0.25) is 9.69 Å². The third-order valence-corrected chi connectivity index (χ3v) is 2.17. The number of halogens is 1. The molecule has 0 aliphatic rings. The molecule has 3 heteroatoms. The molecule has 0 radical (unpaired) electrons. The van der Waals surface area contributed by atoms with Crippen molar-refractivity contribution < 1.29 is 9.18 Å². The summed E-state index contributed by atoms with van der Waals surface area (Å²) in [4.78, 5) is 13.6. The molecule has 1 rings (SSSR count). The number of Topliss-reactive ketones (excluding diaryl/α,β-unsaturated/α-hetero) is 1. The van der Waals surface area contributed by atoms with E-state index in [1.807, 2.05) is 11.9 Å². The standard InChI is InChI=1S/C12H16FNO/c1-3-7-14(2)9-12(15)10-5-4-6-11(13)8-10/h4-6,8H,3,7,9H2,1-2H3. The number of hydrogen-bond donors (Lipinski definition) is 0. The summed E-state index contributed by atoms with van der Waals surface area (Å²) in [5.41, 5.74) is 0.443. The molecule has 0 atom stereocenters. The predicted molar refractivity (Wildman–Crippen MR) is 58.5 cm³/mol. The molecule has 2 nitrogen and oxygen atoms in total. The second-order valence-electron chi connectivity index (χ2n) is 3.67. The summed E-state index contributed by atoms with van der Waals surface area (Å²) in [7, 11) is 1.89. The summed E-state index contributed by atoms with van der Waals surface area (Å²) in [5.74, 6) is -0.399. The molecular weight excluding hydrogens is 193 g/mol. The van der Waals surface area contributed by atoms with E-state index in [0.29, 0.717) is 12.1 Å². The van der Waals surface area contributed by atoms with Crippen LogP contribution in [-0.2, 0) is 0 Å². The molecule has 15 heavy (non-hydrogen) atoms. The van der Waals surface area contributed by atoms with Gasteiger partial charge in [0.1, 0.15) is 5.82 Å². The van der Waals surface area contributed by atoms with Crippen LogP contribution in [0.15, 0.2) is 24.3 Å². The van der Waals surface area contributed by atoms with Crippen molar-refractivity contribution in [3.05, 3.63) is 35.6 Å². The molecule has 1 aromatic carbocycles. The quantitative estimate of drug-likeness (QED) is 0.694. The van der Waals surface area contributed by atoms with Crippen LogP contribution in [0.3, 0.4) is 0 Å². The number of rotatable bonds is 5. The number of carbonyl (C=O) groups is 1. The molecule has 0 N–H and O–H groups in total. The number of hydrogen-bond acceptors (Lipinski definition) is 2. The zero-order valence-corrected chi connectivity index (χ0v) is 9.16. The minimum absolute atomic E-state index is 0.0366. The van der Waals surface area contributed by atoms with E-state index in [2.05, 4.69) is 6.92 Å². The van der Waals surface area contributed by atoms with Gasteiger partial charge in [-0.1, -0.05) is 19.1 Å². The second-order valence-corrected chi connectivity index (χ2v) is 3.67. The number of likely N-dealkylation sites (N-methyl/N-ethyl adjacent to an activating group) is 1. The summed E-state index contributed by atoms with van der Waals surface area (Å²) < 4.78 is 12.8. The van der Waals surface area contributed by atoms with E-state index in [-0.39, 0.29) is 11.6 Å². The lowest BCUT2D eigenvalue weighted by molar-refractivity contribution is 0.0946. The first-order valence-electron chi connectivity index (χ1n) is 5.10. The van der Waals surface area contributed by atoms with Gasteiger partial charge in [-0.15, -0.1) is 0 Å². The Morgan fingerprint density at radius 1 is 1.47 bits per heavy atom. The smallest absolute Gasteiger partial charge is 0.176 e. The van der Waals surface area contributed by atoms with Gasteiger partial charge >= 0.3 is 0 Å². The Kier molecular flexibility index (Phi) is 4.43. The molecule has 0 saturated heterocycles. The van der Waals surface area contributed by atoms with E-state index in [9.17, 15) is 9.18 Å². The molecule has 0 aliphatic carbocycles. The molecular formula is C12H16FNO. The van der Waals surface area contributed by atoms with Gasteiger partial charge in [0.2, 0.25) is 0 Å². The fourth-order valence-corrected chi connectivity index (χ4v) is 1.46. The van der Waals surface area contributed by atoms with Crippen molar-refractivity contribution in [2.24, 2.45) is 0 Å². The molecule has 1 aromatic rings. The van der Waals surface area contributed by atoms with E-state index in [4.69, 9.17) is 0 Å². The van der Waals surface area contributed by atoms with Crippen molar-refractivity contribution >= 4 is 5.78 Å². The average Bonchev–Trinajstić information content (AvgIpc) is 2.18. The maximum Gasteiger partial charge on any atom is 0.176 e. The SMILES string of the molecule is CCCN(C)CC(=O)c1cccc(F)c1. The maximum absolute atomic E-state index is 12.8. The highest BCUT2D eigenvalue weighted by Crippen LogP contribution is 2.05. The molecule has 0 heterocycles. The Hall–Kier alpha value is -1.22. The van der Waals surface area contributed by atoms with Crippen LogP contribution in [0.5, 0.6) is 0 Å². The van der Waals surface area contributed by atoms with Crippen LogP contribution in [-0.4, -0.2) is 30.8 Å². The molecule has 0 bridgehead atoms. The third kappa shape index (κ3) is 3.80. The summed E-state index contributed by atoms with van der Waals surface area (Å²) in [6.07, 6.45) is 1.01. The highest BCUT2D eigenvalue weighted by Gasteiger charge is 2.08. The van der Waals surface area contributed by atoms with Crippen LogP contribution in [0.2, 0.25) is 0 Å². The summed E-state index contributed by atoms with van der Waals surface area (Å²) in [6.45, 7) is 3.28. The van der Waals surface area contributed by atoms with E-state index in [1.165, 1.54) is 12.1 Å². The van der Waals surface area contributed by atoms with Gasteiger partial charge in [-0.2, -0.15) is 0 Å². The fraction of sp³-hybridized carbons (Fsp3) is 0.417. The topological polar surface area (TPSA) is 20.3 Å². The first-order valence-corrected chi connectivity index (χ1v) is 5.10. The van der Waals surface area contributed by atoms with Crippen molar-refractivity contribution in [1.29, 1.82) is 0 Å². The van der Waals surface area contributed by atoms with Gasteiger partial charge in [0, 0.05) is 5.56 Å². The first kappa shape index (κ1) is 11.9. The predicted octanol–water partition coefficient (Wildman–Crippen LogP) is 2.35. The zero-order valence-electron chi connectivity index (χ0n) is 9.16. The van der Waals surface area contributed by atoms with Crippen LogP contribution in [0.1, 0.15) is 23.7 Å². The fourth-order valence-electron chi connectivity index (χ4n) is 1.46. The lowest BCUT2D eigenvalue weighted by Gasteiger charge is -2.14. The normalized spacial score (nSPS) is 10.7. The lowest BCUT2D eigenvalue weighted by Crippen LogP contribution is -2.26. The number of ketones is 1. The Morgan fingerprint density at radius 3 is 2.80 bits per heavy atom. The van der Waals surface area contributed by atoms with Gasteiger partial charge in [0.15, 0.2) is 5.78 Å². The summed E-state index contributed by atoms with van der Waals surface area (Å²) in [6, 6.07) is 5.82. The van der Waals surface area contributed by atoms with Crippen LogP contribution < -0.4 is 0 Å². The Balaban J connectivity index is 2.61. The number of benzene rings is 1. The number of carbonyl (C=O) groups excluding carboxylic acids is 1. The minimum atomic E-state index is -0.362. The summed E-state index contributed by atoms with van der Waals surface area (Å²) in [5, 5.41) is 0. The van der Waals surface area contributed by atoms with Crippen molar-refractivity contribution in [2.45, 2.75) is 13.3 Å². The minimum Gasteiger partial charge on any atom is -0.299 e. The molecule has 0 fully saturated rings. The molecule has 0 saturated carbocycles. The van der Waals surface area contributed by atoms with Gasteiger partial charge in [-0.25, -0.2) is 4.39 Å². The van der Waals surface area contributed by atoms with Crippen molar-refractivity contribution in [2.75, 3.05) is 20.1 Å². The lowest BCUT2D eigenvalue weighted by atomic mass is 10.1. The van der Waals surface area contributed by atoms with Gasteiger partial charge in [0.05, 0.1) is 6.54 Å². The van der Waals surface area contributed by atoms with Gasteiger partial charge in [-0.05, 0) is 32.1 Å².